The van der Waals surface area contributed by atoms with Gasteiger partial charge >= 0.3 is 0 Å². The van der Waals surface area contributed by atoms with E-state index in [0.717, 1.165) is 10.0 Å². The monoisotopic (exact) mass is 335 g/mol. The van der Waals surface area contributed by atoms with Gasteiger partial charge in [-0.1, -0.05) is 28.1 Å². The number of halogens is 1. The van der Waals surface area contributed by atoms with Crippen molar-refractivity contribution in [3.05, 3.63) is 64.1 Å². The molecule has 1 amide bonds. The fraction of sp³-hybridized carbons (Fsp3) is 0.133. The molecule has 0 aliphatic carbocycles. The fourth-order valence-corrected chi connectivity index (χ4v) is 1.94. The number of aliphatic hydroxyl groups excluding tert-OH is 1. The second-order valence-electron chi connectivity index (χ2n) is 4.27. The van der Waals surface area contributed by atoms with Crippen molar-refractivity contribution >= 4 is 21.8 Å². The van der Waals surface area contributed by atoms with E-state index in [1.807, 2.05) is 24.3 Å². The first-order valence-electron chi connectivity index (χ1n) is 6.02. The molecule has 3 N–H and O–H groups in total. The molecule has 2 aromatic rings. The van der Waals surface area contributed by atoms with Crippen molar-refractivity contribution in [1.82, 2.24) is 0 Å². The topological polar surface area (TPSA) is 72.6 Å². The molecule has 0 spiro atoms. The summed E-state index contributed by atoms with van der Waals surface area (Å²) in [6.45, 7) is 0.136. The maximum absolute atomic E-state index is 10.9. The number of nitrogens with two attached hydrogens (primary N) is 1. The molecular formula is C15H14BrNO3. The Bertz CT molecular complexity index is 581. The normalized spacial score (nSPS) is 11.9. The Kier molecular flexibility index (Phi) is 4.76. The first-order valence-corrected chi connectivity index (χ1v) is 6.82. The lowest BCUT2D eigenvalue weighted by molar-refractivity contribution is 0.0999. The summed E-state index contributed by atoms with van der Waals surface area (Å²) in [7, 11) is 0. The van der Waals surface area contributed by atoms with Gasteiger partial charge in [-0.25, -0.2) is 0 Å². The molecule has 2 aromatic carbocycles. The second kappa shape index (κ2) is 6.54. The Morgan fingerprint density at radius 1 is 1.15 bits per heavy atom. The number of rotatable bonds is 5. The van der Waals surface area contributed by atoms with Crippen molar-refractivity contribution in [2.45, 2.75) is 6.10 Å². The van der Waals surface area contributed by atoms with Crippen LogP contribution in [-0.2, 0) is 0 Å². The number of ether oxygens (including phenoxy) is 1. The van der Waals surface area contributed by atoms with E-state index in [1.165, 1.54) is 0 Å². The second-order valence-corrected chi connectivity index (χ2v) is 5.18. The van der Waals surface area contributed by atoms with Crippen LogP contribution in [0.25, 0.3) is 0 Å². The third-order valence-electron chi connectivity index (χ3n) is 2.80. The van der Waals surface area contributed by atoms with E-state index in [4.69, 9.17) is 10.5 Å². The molecule has 0 aromatic heterocycles. The summed E-state index contributed by atoms with van der Waals surface area (Å²) in [4.78, 5) is 10.9. The largest absolute Gasteiger partial charge is 0.491 e. The lowest BCUT2D eigenvalue weighted by Gasteiger charge is -2.13. The minimum atomic E-state index is -0.709. The van der Waals surface area contributed by atoms with Gasteiger partial charge in [-0.15, -0.1) is 0 Å². The lowest BCUT2D eigenvalue weighted by atomic mass is 10.1. The van der Waals surface area contributed by atoms with Gasteiger partial charge in [0.15, 0.2) is 0 Å². The molecule has 0 saturated carbocycles. The molecule has 0 aliphatic heterocycles. The SMILES string of the molecule is NC(=O)c1ccc(OCC(O)c2ccc(Br)cc2)cc1. The predicted molar refractivity (Wildman–Crippen MR) is 79.6 cm³/mol. The average molecular weight is 336 g/mol. The molecule has 0 fully saturated rings. The number of hydrogen-bond acceptors (Lipinski definition) is 3. The van der Waals surface area contributed by atoms with Crippen molar-refractivity contribution in [2.75, 3.05) is 6.61 Å². The molecule has 0 bridgehead atoms. The number of carbonyl (C=O) groups is 1. The van der Waals surface area contributed by atoms with E-state index in [2.05, 4.69) is 15.9 Å². The van der Waals surface area contributed by atoms with Gasteiger partial charge in [0.1, 0.15) is 18.5 Å². The molecule has 5 heteroatoms. The maximum atomic E-state index is 10.9. The van der Waals surface area contributed by atoms with Crippen molar-refractivity contribution in [1.29, 1.82) is 0 Å². The predicted octanol–water partition coefficient (Wildman–Crippen LogP) is 2.66. The van der Waals surface area contributed by atoms with E-state index < -0.39 is 12.0 Å². The van der Waals surface area contributed by atoms with Crippen molar-refractivity contribution in [3.63, 3.8) is 0 Å². The Labute approximate surface area is 125 Å². The first kappa shape index (κ1) is 14.6. The van der Waals surface area contributed by atoms with Gasteiger partial charge in [0.25, 0.3) is 0 Å². The van der Waals surface area contributed by atoms with E-state index >= 15 is 0 Å². The van der Waals surface area contributed by atoms with Crippen molar-refractivity contribution in [2.24, 2.45) is 5.73 Å². The standard InChI is InChI=1S/C15H14BrNO3/c16-12-5-1-10(2-6-12)14(18)9-20-13-7-3-11(4-8-13)15(17)19/h1-8,14,18H,9H2,(H2,17,19). The third kappa shape index (κ3) is 3.82. The van der Waals surface area contributed by atoms with Gasteiger partial charge in [-0.2, -0.15) is 0 Å². The van der Waals surface area contributed by atoms with Crippen LogP contribution in [0.4, 0.5) is 0 Å². The molecule has 1 atom stereocenters. The van der Waals surface area contributed by atoms with Crippen LogP contribution in [0.15, 0.2) is 53.0 Å². The van der Waals surface area contributed by atoms with Crippen LogP contribution in [0.2, 0.25) is 0 Å². The smallest absolute Gasteiger partial charge is 0.248 e. The van der Waals surface area contributed by atoms with Gasteiger partial charge < -0.3 is 15.6 Å². The Hall–Kier alpha value is -1.85. The van der Waals surface area contributed by atoms with Gasteiger partial charge in [-0.3, -0.25) is 4.79 Å². The van der Waals surface area contributed by atoms with Crippen LogP contribution < -0.4 is 10.5 Å². The molecule has 0 aliphatic rings. The quantitative estimate of drug-likeness (QED) is 0.882. The molecule has 20 heavy (non-hydrogen) atoms. The third-order valence-corrected chi connectivity index (χ3v) is 3.33. The van der Waals surface area contributed by atoms with Gasteiger partial charge in [0, 0.05) is 10.0 Å². The number of aliphatic hydroxyl groups is 1. The van der Waals surface area contributed by atoms with Crippen molar-refractivity contribution < 1.29 is 14.6 Å². The summed E-state index contributed by atoms with van der Waals surface area (Å²) in [5, 5.41) is 10.0. The van der Waals surface area contributed by atoms with Crippen LogP contribution in [0, 0.1) is 0 Å². The molecular weight excluding hydrogens is 322 g/mol. The van der Waals surface area contributed by atoms with Crippen molar-refractivity contribution in [3.8, 4) is 5.75 Å². The zero-order chi connectivity index (χ0) is 14.5. The minimum Gasteiger partial charge on any atom is -0.491 e. The number of primary amides is 1. The summed E-state index contributed by atoms with van der Waals surface area (Å²) < 4.78 is 6.43. The molecule has 2 rings (SSSR count). The lowest BCUT2D eigenvalue weighted by Crippen LogP contribution is -2.11. The van der Waals surface area contributed by atoms with Gasteiger partial charge in [-0.05, 0) is 42.0 Å². The summed E-state index contributed by atoms with van der Waals surface area (Å²) in [6, 6.07) is 13.8. The fourth-order valence-electron chi connectivity index (χ4n) is 1.67. The molecule has 0 saturated heterocycles. The first-order chi connectivity index (χ1) is 9.56. The summed E-state index contributed by atoms with van der Waals surface area (Å²) in [5.74, 6) is 0.0950. The number of amides is 1. The number of carbonyl (C=O) groups excluding carboxylic acids is 1. The van der Waals surface area contributed by atoms with Crippen LogP contribution >= 0.6 is 15.9 Å². The highest BCUT2D eigenvalue weighted by molar-refractivity contribution is 9.10. The Morgan fingerprint density at radius 2 is 1.75 bits per heavy atom. The minimum absolute atomic E-state index is 0.136. The van der Waals surface area contributed by atoms with Crippen LogP contribution in [0.5, 0.6) is 5.75 Å². The highest BCUT2D eigenvalue weighted by Gasteiger charge is 2.08. The maximum Gasteiger partial charge on any atom is 0.248 e. The van der Waals surface area contributed by atoms with E-state index in [1.54, 1.807) is 24.3 Å². The highest BCUT2D eigenvalue weighted by atomic mass is 79.9. The Balaban J connectivity index is 1.94. The highest BCUT2D eigenvalue weighted by Crippen LogP contribution is 2.19. The summed E-state index contributed by atoms with van der Waals surface area (Å²) in [6.07, 6.45) is -0.709. The average Bonchev–Trinajstić information content (AvgIpc) is 2.46. The number of benzene rings is 2. The molecule has 0 radical (unpaired) electrons. The molecule has 1 unspecified atom stereocenters. The van der Waals surface area contributed by atoms with E-state index in [0.29, 0.717) is 11.3 Å². The summed E-state index contributed by atoms with van der Waals surface area (Å²) in [5.41, 5.74) is 6.35. The zero-order valence-corrected chi connectivity index (χ0v) is 12.2. The van der Waals surface area contributed by atoms with Gasteiger partial charge in [0.2, 0.25) is 5.91 Å². The number of hydrogen-bond donors (Lipinski definition) is 2. The van der Waals surface area contributed by atoms with Crippen LogP contribution in [0.1, 0.15) is 22.0 Å². The van der Waals surface area contributed by atoms with Crippen LogP contribution in [0.3, 0.4) is 0 Å². The molecule has 4 nitrogen and oxygen atoms in total. The zero-order valence-electron chi connectivity index (χ0n) is 10.6. The van der Waals surface area contributed by atoms with E-state index in [9.17, 15) is 9.90 Å². The molecule has 104 valence electrons. The van der Waals surface area contributed by atoms with Crippen LogP contribution in [-0.4, -0.2) is 17.6 Å². The Morgan fingerprint density at radius 3 is 2.30 bits per heavy atom. The van der Waals surface area contributed by atoms with Gasteiger partial charge in [0.05, 0.1) is 0 Å². The van der Waals surface area contributed by atoms with E-state index in [-0.39, 0.29) is 6.61 Å². The summed E-state index contributed by atoms with van der Waals surface area (Å²) >= 11 is 3.34. The molecule has 0 heterocycles.